The maximum atomic E-state index is 3.38. The molecule has 18 heavy (non-hydrogen) atoms. The minimum atomic E-state index is 0.213. The van der Waals surface area contributed by atoms with E-state index in [-0.39, 0.29) is 5.41 Å². The lowest BCUT2D eigenvalue weighted by molar-refractivity contribution is 0.591. The average molecular weight is 244 g/mol. The van der Waals surface area contributed by atoms with Gasteiger partial charge >= 0.3 is 0 Å². The first-order valence-corrected chi connectivity index (χ1v) is 6.83. The van der Waals surface area contributed by atoms with E-state index in [1.807, 2.05) is 0 Å². The SMILES string of the molecule is CCNCCc1c[nH]c2ccc(C(C)(C)C)cc12. The molecule has 0 amide bonds. The number of benzene rings is 1. The number of nitrogens with one attached hydrogen (secondary N) is 2. The molecule has 2 nitrogen and oxygen atoms in total. The molecule has 0 aliphatic heterocycles. The summed E-state index contributed by atoms with van der Waals surface area (Å²) in [6.07, 6.45) is 3.23. The molecule has 0 saturated heterocycles. The molecule has 0 atom stereocenters. The summed E-state index contributed by atoms with van der Waals surface area (Å²) in [5, 5.41) is 4.76. The van der Waals surface area contributed by atoms with Crippen molar-refractivity contribution in [3.63, 3.8) is 0 Å². The molecule has 0 unspecified atom stereocenters. The smallest absolute Gasteiger partial charge is 0.0457 e. The van der Waals surface area contributed by atoms with Crippen LogP contribution in [0.25, 0.3) is 10.9 Å². The van der Waals surface area contributed by atoms with Gasteiger partial charge in [-0.2, -0.15) is 0 Å². The summed E-state index contributed by atoms with van der Waals surface area (Å²) in [4.78, 5) is 3.37. The van der Waals surface area contributed by atoms with Crippen LogP contribution < -0.4 is 5.32 Å². The van der Waals surface area contributed by atoms with E-state index in [0.29, 0.717) is 0 Å². The fourth-order valence-corrected chi connectivity index (χ4v) is 2.25. The van der Waals surface area contributed by atoms with Gasteiger partial charge in [-0.3, -0.25) is 0 Å². The molecule has 2 aromatic rings. The summed E-state index contributed by atoms with van der Waals surface area (Å²) >= 11 is 0. The molecule has 0 saturated carbocycles. The van der Waals surface area contributed by atoms with Gasteiger partial charge in [-0.15, -0.1) is 0 Å². The highest BCUT2D eigenvalue weighted by molar-refractivity contribution is 5.84. The second-order valence-corrected chi connectivity index (χ2v) is 5.93. The first-order chi connectivity index (χ1) is 8.52. The standard InChI is InChI=1S/C16H24N2/c1-5-17-9-8-12-11-18-15-7-6-13(10-14(12)15)16(2,3)4/h6-7,10-11,17-18H,5,8-9H2,1-4H3. The van der Waals surface area contributed by atoms with Crippen LogP contribution in [0, 0.1) is 0 Å². The second kappa shape index (κ2) is 5.15. The molecule has 98 valence electrons. The van der Waals surface area contributed by atoms with E-state index in [1.165, 1.54) is 22.0 Å². The molecule has 1 aromatic carbocycles. The molecule has 0 aliphatic rings. The van der Waals surface area contributed by atoms with E-state index in [2.05, 4.69) is 62.4 Å². The summed E-state index contributed by atoms with van der Waals surface area (Å²) in [6, 6.07) is 6.77. The van der Waals surface area contributed by atoms with Crippen LogP contribution >= 0.6 is 0 Å². The van der Waals surface area contributed by atoms with Crippen molar-refractivity contribution in [3.05, 3.63) is 35.5 Å². The van der Waals surface area contributed by atoms with Crippen LogP contribution in [0.1, 0.15) is 38.8 Å². The van der Waals surface area contributed by atoms with Crippen LogP contribution in [-0.4, -0.2) is 18.1 Å². The Morgan fingerprint density at radius 3 is 2.67 bits per heavy atom. The lowest BCUT2D eigenvalue weighted by Gasteiger charge is -2.19. The lowest BCUT2D eigenvalue weighted by atomic mass is 9.86. The van der Waals surface area contributed by atoms with Crippen molar-refractivity contribution in [2.45, 2.75) is 39.5 Å². The van der Waals surface area contributed by atoms with Crippen molar-refractivity contribution in [1.82, 2.24) is 10.3 Å². The monoisotopic (exact) mass is 244 g/mol. The molecule has 0 bridgehead atoms. The maximum Gasteiger partial charge on any atom is 0.0457 e. The van der Waals surface area contributed by atoms with Crippen LogP contribution in [0.3, 0.4) is 0 Å². The van der Waals surface area contributed by atoms with Crippen LogP contribution in [0.4, 0.5) is 0 Å². The van der Waals surface area contributed by atoms with E-state index in [1.54, 1.807) is 0 Å². The summed E-state index contributed by atoms with van der Waals surface area (Å²) in [6.45, 7) is 11.0. The molecule has 0 radical (unpaired) electrons. The summed E-state index contributed by atoms with van der Waals surface area (Å²) in [5.41, 5.74) is 4.27. The van der Waals surface area contributed by atoms with Crippen molar-refractivity contribution >= 4 is 10.9 Å². The highest BCUT2D eigenvalue weighted by Gasteiger charge is 2.15. The van der Waals surface area contributed by atoms with Gasteiger partial charge in [0.15, 0.2) is 0 Å². The van der Waals surface area contributed by atoms with E-state index >= 15 is 0 Å². The minimum Gasteiger partial charge on any atom is -0.361 e. The number of H-pyrrole nitrogens is 1. The van der Waals surface area contributed by atoms with E-state index in [4.69, 9.17) is 0 Å². The molecule has 0 fully saturated rings. The van der Waals surface area contributed by atoms with Gasteiger partial charge < -0.3 is 10.3 Å². The highest BCUT2D eigenvalue weighted by Crippen LogP contribution is 2.27. The summed E-state index contributed by atoms with van der Waals surface area (Å²) < 4.78 is 0. The third-order valence-electron chi connectivity index (χ3n) is 3.45. The van der Waals surface area contributed by atoms with E-state index in [0.717, 1.165) is 19.5 Å². The Balaban J connectivity index is 2.31. The molecule has 1 heterocycles. The number of hydrogen-bond donors (Lipinski definition) is 2. The Bertz CT molecular complexity index is 517. The minimum absolute atomic E-state index is 0.213. The van der Waals surface area contributed by atoms with Crippen LogP contribution in [0.5, 0.6) is 0 Å². The largest absolute Gasteiger partial charge is 0.361 e. The third-order valence-corrected chi connectivity index (χ3v) is 3.45. The van der Waals surface area contributed by atoms with Crippen molar-refractivity contribution in [3.8, 4) is 0 Å². The number of likely N-dealkylation sites (N-methyl/N-ethyl adjacent to an activating group) is 1. The Morgan fingerprint density at radius 2 is 2.00 bits per heavy atom. The molecule has 1 aromatic heterocycles. The van der Waals surface area contributed by atoms with E-state index in [9.17, 15) is 0 Å². The van der Waals surface area contributed by atoms with Crippen LogP contribution in [0.15, 0.2) is 24.4 Å². The fraction of sp³-hybridized carbons (Fsp3) is 0.500. The normalized spacial score (nSPS) is 12.2. The van der Waals surface area contributed by atoms with Gasteiger partial charge in [0, 0.05) is 17.1 Å². The number of hydrogen-bond acceptors (Lipinski definition) is 1. The predicted molar refractivity (Wildman–Crippen MR) is 79.2 cm³/mol. The molecule has 2 rings (SSSR count). The summed E-state index contributed by atoms with van der Waals surface area (Å²) in [5.74, 6) is 0. The molecular formula is C16H24N2. The van der Waals surface area contributed by atoms with Crippen LogP contribution in [0.2, 0.25) is 0 Å². The predicted octanol–water partition coefficient (Wildman–Crippen LogP) is 3.62. The highest BCUT2D eigenvalue weighted by atomic mass is 14.8. The first-order valence-electron chi connectivity index (χ1n) is 6.83. The Morgan fingerprint density at radius 1 is 1.22 bits per heavy atom. The topological polar surface area (TPSA) is 27.8 Å². The number of aromatic nitrogens is 1. The zero-order chi connectivity index (χ0) is 13.2. The van der Waals surface area contributed by atoms with Crippen molar-refractivity contribution in [2.75, 3.05) is 13.1 Å². The van der Waals surface area contributed by atoms with Crippen molar-refractivity contribution in [1.29, 1.82) is 0 Å². The fourth-order valence-electron chi connectivity index (χ4n) is 2.25. The van der Waals surface area contributed by atoms with Gasteiger partial charge in [0.25, 0.3) is 0 Å². The zero-order valence-corrected chi connectivity index (χ0v) is 11.9. The third kappa shape index (κ3) is 2.75. The lowest BCUT2D eigenvalue weighted by Crippen LogP contribution is -2.16. The molecule has 2 N–H and O–H groups in total. The molecule has 0 spiro atoms. The van der Waals surface area contributed by atoms with Gasteiger partial charge in [-0.1, -0.05) is 33.8 Å². The van der Waals surface area contributed by atoms with Gasteiger partial charge in [-0.05, 0) is 48.2 Å². The summed E-state index contributed by atoms with van der Waals surface area (Å²) in [7, 11) is 0. The zero-order valence-electron chi connectivity index (χ0n) is 11.9. The van der Waals surface area contributed by atoms with E-state index < -0.39 is 0 Å². The molecule has 0 aliphatic carbocycles. The van der Waals surface area contributed by atoms with Crippen LogP contribution in [-0.2, 0) is 11.8 Å². The van der Waals surface area contributed by atoms with Crippen molar-refractivity contribution < 1.29 is 0 Å². The number of rotatable bonds is 4. The number of aromatic amines is 1. The van der Waals surface area contributed by atoms with Gasteiger partial charge in [-0.25, -0.2) is 0 Å². The van der Waals surface area contributed by atoms with Gasteiger partial charge in [0.2, 0.25) is 0 Å². The average Bonchev–Trinajstić information content (AvgIpc) is 2.71. The first kappa shape index (κ1) is 13.2. The Hall–Kier alpha value is -1.28. The van der Waals surface area contributed by atoms with Crippen molar-refractivity contribution in [2.24, 2.45) is 0 Å². The quantitative estimate of drug-likeness (QED) is 0.790. The van der Waals surface area contributed by atoms with Gasteiger partial charge in [0.1, 0.15) is 0 Å². The molecular weight excluding hydrogens is 220 g/mol. The second-order valence-electron chi connectivity index (χ2n) is 5.93. The Labute approximate surface area is 110 Å². The van der Waals surface area contributed by atoms with Gasteiger partial charge in [0.05, 0.1) is 0 Å². The molecule has 2 heteroatoms. The Kier molecular flexibility index (Phi) is 3.76. The maximum absolute atomic E-state index is 3.38. The number of fused-ring (bicyclic) bond motifs is 1.